The molecule has 0 spiro atoms. The van der Waals surface area contributed by atoms with Crippen LogP contribution in [0.4, 0.5) is 18.9 Å². The molecule has 1 amide bonds. The van der Waals surface area contributed by atoms with E-state index in [0.717, 1.165) is 35.3 Å². The van der Waals surface area contributed by atoms with Crippen LogP contribution in [0.25, 0.3) is 17.3 Å². The van der Waals surface area contributed by atoms with E-state index in [9.17, 15) is 18.0 Å². The Morgan fingerprint density at radius 2 is 1.76 bits per heavy atom. The van der Waals surface area contributed by atoms with Gasteiger partial charge in [0.15, 0.2) is 0 Å². The van der Waals surface area contributed by atoms with Crippen molar-refractivity contribution in [3.05, 3.63) is 77.8 Å². The van der Waals surface area contributed by atoms with Crippen LogP contribution in [-0.4, -0.2) is 15.5 Å². The molecule has 8 heteroatoms. The molecule has 0 fully saturated rings. The third kappa shape index (κ3) is 5.06. The van der Waals surface area contributed by atoms with Crippen LogP contribution in [0, 0.1) is 6.92 Å². The molecular weight excluding hydrogens is 403 g/mol. The molecule has 0 aliphatic carbocycles. The molecule has 0 saturated heterocycles. The van der Waals surface area contributed by atoms with Crippen LogP contribution in [0.3, 0.4) is 0 Å². The lowest BCUT2D eigenvalue weighted by molar-refractivity contribution is -0.137. The Morgan fingerprint density at radius 3 is 2.41 bits per heavy atom. The lowest BCUT2D eigenvalue weighted by atomic mass is 10.1. The Balaban J connectivity index is 0.00000300. The van der Waals surface area contributed by atoms with Gasteiger partial charge in [-0.1, -0.05) is 36.4 Å². The molecule has 0 aliphatic heterocycles. The van der Waals surface area contributed by atoms with Crippen molar-refractivity contribution in [2.45, 2.75) is 13.1 Å². The van der Waals surface area contributed by atoms with Gasteiger partial charge in [-0.2, -0.15) is 13.2 Å². The highest BCUT2D eigenvalue weighted by atomic mass is 35.5. The van der Waals surface area contributed by atoms with E-state index in [2.05, 4.69) is 10.3 Å². The fourth-order valence-corrected chi connectivity index (χ4v) is 2.81. The Morgan fingerprint density at radius 1 is 1.10 bits per heavy atom. The standard InChI is InChI=1S/C21H18F3N3O.ClH/c1-14-25-13-19(27(14)2)16-8-4-6-10-18(16)26-20(28)12-11-15-7-3-5-9-17(15)21(22,23)24;/h3-13H,1-2H3,(H,26,28);1H. The summed E-state index contributed by atoms with van der Waals surface area (Å²) < 4.78 is 41.1. The molecule has 0 unspecified atom stereocenters. The summed E-state index contributed by atoms with van der Waals surface area (Å²) in [7, 11) is 1.87. The predicted molar refractivity (Wildman–Crippen MR) is 110 cm³/mol. The SMILES string of the molecule is Cc1ncc(-c2ccccc2NC(=O)C=Cc2ccccc2C(F)(F)F)n1C.Cl. The second kappa shape index (κ2) is 8.96. The van der Waals surface area contributed by atoms with Gasteiger partial charge in [0.1, 0.15) is 5.82 Å². The van der Waals surface area contributed by atoms with Gasteiger partial charge in [0.2, 0.25) is 5.91 Å². The molecular formula is C21H19ClF3N3O. The van der Waals surface area contributed by atoms with Crippen LogP contribution in [0.15, 0.2) is 60.8 Å². The second-order valence-corrected chi connectivity index (χ2v) is 6.20. The van der Waals surface area contributed by atoms with E-state index >= 15 is 0 Å². The number of rotatable bonds is 4. The fraction of sp³-hybridized carbons (Fsp3) is 0.143. The molecule has 0 aliphatic rings. The van der Waals surface area contributed by atoms with E-state index in [1.54, 1.807) is 18.3 Å². The van der Waals surface area contributed by atoms with Gasteiger partial charge in [0.25, 0.3) is 0 Å². The fourth-order valence-electron chi connectivity index (χ4n) is 2.81. The number of anilines is 1. The van der Waals surface area contributed by atoms with Gasteiger partial charge < -0.3 is 9.88 Å². The number of aryl methyl sites for hydroxylation is 1. The Kier molecular flexibility index (Phi) is 6.87. The number of imidazole rings is 1. The summed E-state index contributed by atoms with van der Waals surface area (Å²) in [6.45, 7) is 1.87. The van der Waals surface area contributed by atoms with Crippen molar-refractivity contribution in [1.82, 2.24) is 9.55 Å². The van der Waals surface area contributed by atoms with Crippen LogP contribution < -0.4 is 5.32 Å². The zero-order chi connectivity index (χ0) is 20.3. The molecule has 152 valence electrons. The highest BCUT2D eigenvalue weighted by molar-refractivity contribution is 6.04. The maximum Gasteiger partial charge on any atom is 0.416 e. The number of nitrogens with zero attached hydrogens (tertiary/aromatic N) is 2. The normalized spacial score (nSPS) is 11.3. The lowest BCUT2D eigenvalue weighted by Crippen LogP contribution is -2.10. The zero-order valence-corrected chi connectivity index (χ0v) is 16.5. The van der Waals surface area contributed by atoms with Gasteiger partial charge in [0.05, 0.1) is 23.1 Å². The van der Waals surface area contributed by atoms with Crippen molar-refractivity contribution in [2.75, 3.05) is 5.32 Å². The topological polar surface area (TPSA) is 46.9 Å². The summed E-state index contributed by atoms with van der Waals surface area (Å²) in [6, 6.07) is 12.3. The summed E-state index contributed by atoms with van der Waals surface area (Å²) in [5.41, 5.74) is 1.28. The lowest BCUT2D eigenvalue weighted by Gasteiger charge is -2.11. The summed E-state index contributed by atoms with van der Waals surface area (Å²) in [5.74, 6) is 0.295. The zero-order valence-electron chi connectivity index (χ0n) is 15.7. The van der Waals surface area contributed by atoms with Crippen molar-refractivity contribution in [1.29, 1.82) is 0 Å². The van der Waals surface area contributed by atoms with Crippen LogP contribution in [0.5, 0.6) is 0 Å². The molecule has 0 radical (unpaired) electrons. The summed E-state index contributed by atoms with van der Waals surface area (Å²) in [5, 5.41) is 2.73. The smallest absolute Gasteiger partial charge is 0.331 e. The monoisotopic (exact) mass is 421 g/mol. The number of alkyl halides is 3. The van der Waals surface area contributed by atoms with Gasteiger partial charge in [-0.05, 0) is 30.7 Å². The highest BCUT2D eigenvalue weighted by Gasteiger charge is 2.32. The van der Waals surface area contributed by atoms with Crippen LogP contribution in [0.2, 0.25) is 0 Å². The van der Waals surface area contributed by atoms with Crippen molar-refractivity contribution in [2.24, 2.45) is 7.05 Å². The molecule has 3 rings (SSSR count). The van der Waals surface area contributed by atoms with E-state index in [-0.39, 0.29) is 18.0 Å². The largest absolute Gasteiger partial charge is 0.416 e. The highest BCUT2D eigenvalue weighted by Crippen LogP contribution is 2.32. The minimum Gasteiger partial charge on any atom is -0.331 e. The number of hydrogen-bond acceptors (Lipinski definition) is 2. The van der Waals surface area contributed by atoms with Crippen LogP contribution in [-0.2, 0) is 18.0 Å². The second-order valence-electron chi connectivity index (χ2n) is 6.20. The molecule has 0 bridgehead atoms. The Hall–Kier alpha value is -3.06. The maximum absolute atomic E-state index is 13.1. The predicted octanol–water partition coefficient (Wildman–Crippen LogP) is 5.49. The van der Waals surface area contributed by atoms with Crippen molar-refractivity contribution in [3.63, 3.8) is 0 Å². The van der Waals surface area contributed by atoms with Crippen LogP contribution >= 0.6 is 12.4 Å². The maximum atomic E-state index is 13.1. The average molecular weight is 422 g/mol. The number of carbonyl (C=O) groups excluding carboxylic acids is 1. The molecule has 2 aromatic carbocycles. The molecule has 1 N–H and O–H groups in total. The van der Waals surface area contributed by atoms with E-state index in [4.69, 9.17) is 0 Å². The number of halogens is 4. The molecule has 3 aromatic rings. The van der Waals surface area contributed by atoms with Gasteiger partial charge in [-0.15, -0.1) is 12.4 Å². The number of para-hydroxylation sites is 1. The molecule has 1 heterocycles. The summed E-state index contributed by atoms with van der Waals surface area (Å²) >= 11 is 0. The first kappa shape index (κ1) is 22.2. The third-order valence-electron chi connectivity index (χ3n) is 4.36. The molecule has 1 aromatic heterocycles. The number of nitrogens with one attached hydrogen (secondary N) is 1. The summed E-state index contributed by atoms with van der Waals surface area (Å²) in [4.78, 5) is 16.6. The van der Waals surface area contributed by atoms with Gasteiger partial charge in [-0.3, -0.25) is 4.79 Å². The molecule has 4 nitrogen and oxygen atoms in total. The minimum absolute atomic E-state index is 0. The van der Waals surface area contributed by atoms with Crippen molar-refractivity contribution in [3.8, 4) is 11.3 Å². The number of amides is 1. The van der Waals surface area contributed by atoms with Gasteiger partial charge in [0, 0.05) is 18.7 Å². The molecule has 0 saturated carbocycles. The quantitative estimate of drug-likeness (QED) is 0.566. The third-order valence-corrected chi connectivity index (χ3v) is 4.36. The average Bonchev–Trinajstić information content (AvgIpc) is 2.99. The van der Waals surface area contributed by atoms with E-state index in [1.165, 1.54) is 18.2 Å². The van der Waals surface area contributed by atoms with Gasteiger partial charge >= 0.3 is 6.18 Å². The van der Waals surface area contributed by atoms with Crippen LogP contribution in [0.1, 0.15) is 17.0 Å². The Labute approximate surface area is 172 Å². The molecule has 29 heavy (non-hydrogen) atoms. The van der Waals surface area contributed by atoms with Gasteiger partial charge in [-0.25, -0.2) is 4.98 Å². The van der Waals surface area contributed by atoms with E-state index < -0.39 is 17.6 Å². The first-order chi connectivity index (χ1) is 13.3. The summed E-state index contributed by atoms with van der Waals surface area (Å²) in [6.07, 6.45) is -0.526. The van der Waals surface area contributed by atoms with Crippen molar-refractivity contribution >= 4 is 30.1 Å². The first-order valence-corrected chi connectivity index (χ1v) is 8.50. The number of hydrogen-bond donors (Lipinski definition) is 1. The van der Waals surface area contributed by atoms with E-state index in [1.807, 2.05) is 30.7 Å². The number of aromatic nitrogens is 2. The van der Waals surface area contributed by atoms with E-state index in [0.29, 0.717) is 5.69 Å². The Bertz CT molecular complexity index is 1040. The number of carbonyl (C=O) groups is 1. The number of benzene rings is 2. The minimum atomic E-state index is -4.48. The first-order valence-electron chi connectivity index (χ1n) is 8.50. The van der Waals surface area contributed by atoms with Crippen molar-refractivity contribution < 1.29 is 18.0 Å². The molecule has 0 atom stereocenters.